The van der Waals surface area contributed by atoms with Crippen molar-refractivity contribution < 1.29 is 14.3 Å². The van der Waals surface area contributed by atoms with E-state index in [2.05, 4.69) is 5.32 Å². The molecule has 5 nitrogen and oxygen atoms in total. The van der Waals surface area contributed by atoms with Gasteiger partial charge in [0.2, 0.25) is 11.8 Å². The van der Waals surface area contributed by atoms with Crippen LogP contribution >= 0.6 is 0 Å². The molecule has 2 amide bonds. The molecule has 0 atom stereocenters. The van der Waals surface area contributed by atoms with Crippen LogP contribution in [0.4, 0.5) is 5.69 Å². The van der Waals surface area contributed by atoms with Crippen LogP contribution in [0.5, 0.6) is 11.5 Å². The van der Waals surface area contributed by atoms with E-state index in [0.717, 1.165) is 5.56 Å². The number of hydrogen-bond donors (Lipinski definition) is 2. The Morgan fingerprint density at radius 2 is 1.64 bits per heavy atom. The Morgan fingerprint density at radius 1 is 0.955 bits per heavy atom. The van der Waals surface area contributed by atoms with Crippen LogP contribution in [0.3, 0.4) is 0 Å². The molecule has 2 aromatic rings. The van der Waals surface area contributed by atoms with Gasteiger partial charge in [0, 0.05) is 30.5 Å². The summed E-state index contributed by atoms with van der Waals surface area (Å²) in [6, 6.07) is 14.6. The molecular weight excluding hydrogens is 280 g/mol. The number of nitrogens with one attached hydrogen (secondary N) is 1. The number of rotatable bonds is 3. The van der Waals surface area contributed by atoms with E-state index in [1.807, 2.05) is 36.4 Å². The predicted octanol–water partition coefficient (Wildman–Crippen LogP) is 2.58. The van der Waals surface area contributed by atoms with E-state index in [-0.39, 0.29) is 17.7 Å². The number of ether oxygens (including phenoxy) is 1. The summed E-state index contributed by atoms with van der Waals surface area (Å²) >= 11 is 0. The quantitative estimate of drug-likeness (QED) is 0.674. The Bertz CT molecular complexity index is 694. The number of nitrogen functional groups attached to an aromatic ring is 1. The molecule has 0 radical (unpaired) electrons. The number of imide groups is 1. The smallest absolute Gasteiger partial charge is 0.227 e. The predicted molar refractivity (Wildman–Crippen MR) is 82.5 cm³/mol. The van der Waals surface area contributed by atoms with E-state index in [9.17, 15) is 9.59 Å². The van der Waals surface area contributed by atoms with Crippen LogP contribution in [0.15, 0.2) is 48.5 Å². The second kappa shape index (κ2) is 5.89. The summed E-state index contributed by atoms with van der Waals surface area (Å²) in [5.74, 6) is 0.839. The van der Waals surface area contributed by atoms with Crippen molar-refractivity contribution in [3.05, 3.63) is 54.1 Å². The first kappa shape index (κ1) is 14.1. The lowest BCUT2D eigenvalue weighted by Crippen LogP contribution is -2.37. The van der Waals surface area contributed by atoms with Gasteiger partial charge in [0.25, 0.3) is 0 Å². The third-order valence-electron chi connectivity index (χ3n) is 3.59. The lowest BCUT2D eigenvalue weighted by Gasteiger charge is -2.21. The average molecular weight is 296 g/mol. The Labute approximate surface area is 128 Å². The maximum Gasteiger partial charge on any atom is 0.227 e. The molecule has 0 unspecified atom stereocenters. The van der Waals surface area contributed by atoms with Crippen LogP contribution in [0.2, 0.25) is 0 Å². The van der Waals surface area contributed by atoms with Crippen molar-refractivity contribution >= 4 is 17.5 Å². The van der Waals surface area contributed by atoms with Gasteiger partial charge in [-0.15, -0.1) is 0 Å². The monoisotopic (exact) mass is 296 g/mol. The molecule has 3 rings (SSSR count). The topological polar surface area (TPSA) is 81.4 Å². The van der Waals surface area contributed by atoms with Crippen molar-refractivity contribution in [2.24, 2.45) is 0 Å². The van der Waals surface area contributed by atoms with Gasteiger partial charge >= 0.3 is 0 Å². The second-order valence-corrected chi connectivity index (χ2v) is 5.32. The van der Waals surface area contributed by atoms with Crippen molar-refractivity contribution in [2.45, 2.75) is 18.8 Å². The third-order valence-corrected chi connectivity index (χ3v) is 3.59. The molecule has 0 saturated carbocycles. The number of carbonyl (C=O) groups excluding carboxylic acids is 2. The molecular formula is C17H16N2O3. The molecule has 2 aromatic carbocycles. The van der Waals surface area contributed by atoms with E-state index in [1.165, 1.54) is 0 Å². The summed E-state index contributed by atoms with van der Waals surface area (Å²) in [6.07, 6.45) is 0.669. The third kappa shape index (κ3) is 3.25. The molecule has 1 heterocycles. The van der Waals surface area contributed by atoms with Crippen molar-refractivity contribution in [1.82, 2.24) is 5.32 Å². The molecule has 22 heavy (non-hydrogen) atoms. The van der Waals surface area contributed by atoms with Crippen LogP contribution in [0, 0.1) is 0 Å². The highest BCUT2D eigenvalue weighted by Gasteiger charge is 2.25. The molecule has 0 spiro atoms. The summed E-state index contributed by atoms with van der Waals surface area (Å²) in [5, 5.41) is 2.31. The fraction of sp³-hybridized carbons (Fsp3) is 0.176. The Balaban J connectivity index is 1.72. The van der Waals surface area contributed by atoms with Gasteiger partial charge in [0.1, 0.15) is 11.5 Å². The van der Waals surface area contributed by atoms with Gasteiger partial charge in [-0.3, -0.25) is 14.9 Å². The number of anilines is 1. The Hall–Kier alpha value is -2.82. The Kier molecular flexibility index (Phi) is 3.78. The lowest BCUT2D eigenvalue weighted by atomic mass is 9.89. The van der Waals surface area contributed by atoms with Crippen LogP contribution in [-0.4, -0.2) is 11.8 Å². The van der Waals surface area contributed by atoms with E-state index in [1.54, 1.807) is 12.1 Å². The fourth-order valence-corrected chi connectivity index (χ4v) is 2.54. The molecule has 1 aliphatic rings. The number of carbonyl (C=O) groups is 2. The van der Waals surface area contributed by atoms with Crippen molar-refractivity contribution in [3.63, 3.8) is 0 Å². The van der Waals surface area contributed by atoms with Gasteiger partial charge in [-0.05, 0) is 29.8 Å². The highest BCUT2D eigenvalue weighted by molar-refractivity contribution is 5.98. The number of benzene rings is 2. The van der Waals surface area contributed by atoms with E-state index in [0.29, 0.717) is 30.0 Å². The first-order valence-corrected chi connectivity index (χ1v) is 7.06. The maximum absolute atomic E-state index is 11.4. The average Bonchev–Trinajstić information content (AvgIpc) is 2.47. The van der Waals surface area contributed by atoms with Gasteiger partial charge in [0.15, 0.2) is 0 Å². The van der Waals surface area contributed by atoms with Gasteiger partial charge in [-0.2, -0.15) is 0 Å². The minimum Gasteiger partial charge on any atom is -0.457 e. The highest BCUT2D eigenvalue weighted by Crippen LogP contribution is 2.29. The summed E-state index contributed by atoms with van der Waals surface area (Å²) in [4.78, 5) is 22.9. The Morgan fingerprint density at radius 3 is 2.27 bits per heavy atom. The minimum absolute atomic E-state index is 0.0670. The standard InChI is InChI=1S/C17H16N2O3/c18-13-2-1-3-15(10-13)22-14-6-4-11(5-7-14)12-8-16(20)19-17(21)9-12/h1-7,10,12H,8-9,18H2,(H,19,20,21). The molecule has 0 aliphatic carbocycles. The van der Waals surface area contributed by atoms with Gasteiger partial charge in [-0.25, -0.2) is 0 Å². The first-order valence-electron chi connectivity index (χ1n) is 7.06. The summed E-state index contributed by atoms with van der Waals surface area (Å²) < 4.78 is 5.72. The molecule has 3 N–H and O–H groups in total. The second-order valence-electron chi connectivity index (χ2n) is 5.32. The number of piperidine rings is 1. The van der Waals surface area contributed by atoms with Crippen molar-refractivity contribution in [1.29, 1.82) is 0 Å². The van der Waals surface area contributed by atoms with Gasteiger partial charge < -0.3 is 10.5 Å². The minimum atomic E-state index is -0.221. The summed E-state index contributed by atoms with van der Waals surface area (Å²) in [7, 11) is 0. The van der Waals surface area contributed by atoms with Crippen LogP contribution in [0.1, 0.15) is 24.3 Å². The number of amides is 2. The zero-order valence-electron chi connectivity index (χ0n) is 11.9. The molecule has 1 aliphatic heterocycles. The van der Waals surface area contributed by atoms with E-state index in [4.69, 9.17) is 10.5 Å². The highest BCUT2D eigenvalue weighted by atomic mass is 16.5. The first-order chi connectivity index (χ1) is 10.6. The fourth-order valence-electron chi connectivity index (χ4n) is 2.54. The molecule has 0 bridgehead atoms. The van der Waals surface area contributed by atoms with E-state index < -0.39 is 0 Å². The van der Waals surface area contributed by atoms with Crippen molar-refractivity contribution in [3.8, 4) is 11.5 Å². The normalized spacial score (nSPS) is 15.5. The van der Waals surface area contributed by atoms with Crippen LogP contribution < -0.4 is 15.8 Å². The largest absolute Gasteiger partial charge is 0.457 e. The SMILES string of the molecule is Nc1cccc(Oc2ccc(C3CC(=O)NC(=O)C3)cc2)c1. The zero-order valence-corrected chi connectivity index (χ0v) is 11.9. The zero-order chi connectivity index (χ0) is 15.5. The van der Waals surface area contributed by atoms with E-state index >= 15 is 0 Å². The molecule has 1 saturated heterocycles. The molecule has 0 aromatic heterocycles. The lowest BCUT2D eigenvalue weighted by molar-refractivity contribution is -0.133. The molecule has 5 heteroatoms. The van der Waals surface area contributed by atoms with Crippen LogP contribution in [-0.2, 0) is 9.59 Å². The summed E-state index contributed by atoms with van der Waals surface area (Å²) in [5.41, 5.74) is 7.31. The van der Waals surface area contributed by atoms with Gasteiger partial charge in [-0.1, -0.05) is 18.2 Å². The van der Waals surface area contributed by atoms with Gasteiger partial charge in [0.05, 0.1) is 0 Å². The van der Waals surface area contributed by atoms with Crippen LogP contribution in [0.25, 0.3) is 0 Å². The number of nitrogens with two attached hydrogens (primary N) is 1. The maximum atomic E-state index is 11.4. The van der Waals surface area contributed by atoms with Crippen molar-refractivity contribution in [2.75, 3.05) is 5.73 Å². The summed E-state index contributed by atoms with van der Waals surface area (Å²) in [6.45, 7) is 0. The molecule has 1 fully saturated rings. The number of hydrogen-bond acceptors (Lipinski definition) is 4. The molecule has 112 valence electrons.